The first-order valence-electron chi connectivity index (χ1n) is 8.29. The second-order valence-electron chi connectivity index (χ2n) is 6.09. The van der Waals surface area contributed by atoms with Gasteiger partial charge in [-0.3, -0.25) is 9.89 Å². The van der Waals surface area contributed by atoms with Gasteiger partial charge in [0.1, 0.15) is 17.3 Å². The van der Waals surface area contributed by atoms with E-state index in [1.165, 1.54) is 26.4 Å². The zero-order chi connectivity index (χ0) is 22.2. The molecule has 2 aromatic rings. The van der Waals surface area contributed by atoms with Crippen molar-refractivity contribution in [1.82, 2.24) is 10.2 Å². The molecule has 3 N–H and O–H groups in total. The second-order valence-corrected chi connectivity index (χ2v) is 6.09. The van der Waals surface area contributed by atoms with Gasteiger partial charge in [0, 0.05) is 6.92 Å². The van der Waals surface area contributed by atoms with Crippen LogP contribution in [0.15, 0.2) is 23.6 Å². The molecule has 0 bridgehead atoms. The maximum atomic E-state index is 13.6. The van der Waals surface area contributed by atoms with Gasteiger partial charge in [0.25, 0.3) is 0 Å². The van der Waals surface area contributed by atoms with E-state index in [4.69, 9.17) is 24.7 Å². The van der Waals surface area contributed by atoms with Gasteiger partial charge in [-0.05, 0) is 17.7 Å². The Morgan fingerprint density at radius 3 is 2.37 bits per heavy atom. The average Bonchev–Trinajstić information content (AvgIpc) is 3.10. The predicted molar refractivity (Wildman–Crippen MR) is 93.7 cm³/mol. The van der Waals surface area contributed by atoms with Crippen molar-refractivity contribution >= 4 is 5.97 Å². The summed E-state index contributed by atoms with van der Waals surface area (Å²) in [6.45, 7) is 1.16. The predicted octanol–water partition coefficient (Wildman–Crippen LogP) is 2.59. The number of hydrogen-bond acceptors (Lipinski definition) is 8. The molecule has 0 spiro atoms. The van der Waals surface area contributed by atoms with Crippen LogP contribution in [-0.4, -0.2) is 30.4 Å². The van der Waals surface area contributed by atoms with Gasteiger partial charge in [-0.25, -0.2) is 0 Å². The number of nitrogens with zero attached hydrogens (tertiary/aromatic N) is 2. The van der Waals surface area contributed by atoms with E-state index in [1.807, 2.05) is 5.10 Å². The Morgan fingerprint density at radius 2 is 1.90 bits per heavy atom. The van der Waals surface area contributed by atoms with Crippen molar-refractivity contribution in [2.24, 2.45) is 5.73 Å². The summed E-state index contributed by atoms with van der Waals surface area (Å²) in [7, 11) is 2.55. The fourth-order valence-electron chi connectivity index (χ4n) is 3.11. The number of alkyl halides is 3. The van der Waals surface area contributed by atoms with Crippen molar-refractivity contribution in [3.63, 3.8) is 0 Å². The number of carbonyl (C=O) groups excluding carboxylic acids is 1. The van der Waals surface area contributed by atoms with Crippen LogP contribution in [0.3, 0.4) is 0 Å². The number of esters is 1. The van der Waals surface area contributed by atoms with Gasteiger partial charge in [-0.2, -0.15) is 18.4 Å². The maximum absolute atomic E-state index is 13.6. The van der Waals surface area contributed by atoms with E-state index < -0.39 is 41.1 Å². The average molecular weight is 424 g/mol. The number of nitriles is 1. The van der Waals surface area contributed by atoms with Crippen LogP contribution in [0.1, 0.15) is 29.7 Å². The number of aromatic nitrogens is 2. The van der Waals surface area contributed by atoms with Crippen molar-refractivity contribution < 1.29 is 36.9 Å². The number of H-pyrrole nitrogens is 1. The second kappa shape index (κ2) is 7.51. The van der Waals surface area contributed by atoms with E-state index >= 15 is 0 Å². The third kappa shape index (κ3) is 3.45. The monoisotopic (exact) mass is 424 g/mol. The van der Waals surface area contributed by atoms with E-state index in [0.717, 1.165) is 6.92 Å². The first-order valence-corrected chi connectivity index (χ1v) is 8.29. The maximum Gasteiger partial charge on any atom is 0.433 e. The molecule has 0 saturated carbocycles. The smallest absolute Gasteiger partial charge is 0.433 e. The summed E-state index contributed by atoms with van der Waals surface area (Å²) in [6.07, 6.45) is -4.80. The molecule has 0 aliphatic carbocycles. The van der Waals surface area contributed by atoms with Crippen LogP contribution in [0.5, 0.6) is 23.1 Å². The highest BCUT2D eigenvalue weighted by atomic mass is 19.4. The topological polar surface area (TPSA) is 132 Å². The number of ether oxygens (including phenoxy) is 4. The Hall–Kier alpha value is -3.88. The standard InChI is InChI=1S/C18H15F3N4O5/c1-7(26)29-14-10(27-2)4-8(5-11(14)28-3)12-9(6-22)16(23)30-17-13(12)15(24-25-17)18(19,20)21/h4-5,12H,23H2,1-3H3,(H,24,25). The molecular formula is C18H15F3N4O5. The molecule has 0 radical (unpaired) electrons. The van der Waals surface area contributed by atoms with Crippen LogP contribution in [0.4, 0.5) is 13.2 Å². The number of rotatable bonds is 4. The van der Waals surface area contributed by atoms with Gasteiger partial charge in [-0.1, -0.05) is 0 Å². The number of nitrogens with two attached hydrogens (primary N) is 1. The fraction of sp³-hybridized carbons (Fsp3) is 0.278. The lowest BCUT2D eigenvalue weighted by molar-refractivity contribution is -0.142. The molecule has 0 saturated heterocycles. The van der Waals surface area contributed by atoms with Crippen LogP contribution < -0.4 is 24.7 Å². The van der Waals surface area contributed by atoms with E-state index in [-0.39, 0.29) is 28.4 Å². The SMILES string of the molecule is COc1cc(C2C(C#N)=C(N)Oc3n[nH]c(C(F)(F)F)c32)cc(OC)c1OC(C)=O. The molecule has 1 aromatic heterocycles. The molecule has 0 amide bonds. The number of allylic oxidation sites excluding steroid dienone is 1. The van der Waals surface area contributed by atoms with E-state index in [2.05, 4.69) is 5.10 Å². The zero-order valence-electron chi connectivity index (χ0n) is 15.9. The summed E-state index contributed by atoms with van der Waals surface area (Å²) in [6, 6.07) is 4.42. The molecule has 1 atom stereocenters. The molecule has 158 valence electrons. The number of methoxy groups -OCH3 is 2. The number of hydrogen-bond donors (Lipinski definition) is 2. The Kier molecular flexibility index (Phi) is 5.22. The Labute approximate surface area is 167 Å². The molecule has 9 nitrogen and oxygen atoms in total. The molecule has 30 heavy (non-hydrogen) atoms. The minimum atomic E-state index is -4.80. The van der Waals surface area contributed by atoms with Crippen LogP contribution in [0.25, 0.3) is 0 Å². The highest BCUT2D eigenvalue weighted by Gasteiger charge is 2.44. The van der Waals surface area contributed by atoms with E-state index in [0.29, 0.717) is 0 Å². The van der Waals surface area contributed by atoms with Gasteiger partial charge < -0.3 is 24.7 Å². The normalized spacial score (nSPS) is 15.7. The molecule has 1 aromatic carbocycles. The summed E-state index contributed by atoms with van der Waals surface area (Å²) in [5, 5.41) is 15.0. The first-order chi connectivity index (χ1) is 14.1. The van der Waals surface area contributed by atoms with Crippen LogP contribution in [0, 0.1) is 11.3 Å². The minimum absolute atomic E-state index is 0.000469. The lowest BCUT2D eigenvalue weighted by Gasteiger charge is -2.25. The van der Waals surface area contributed by atoms with Gasteiger partial charge in [0.15, 0.2) is 11.5 Å². The Balaban J connectivity index is 2.30. The molecule has 2 heterocycles. The summed E-state index contributed by atoms with van der Waals surface area (Å²) < 4.78 is 61.3. The largest absolute Gasteiger partial charge is 0.493 e. The lowest BCUT2D eigenvalue weighted by atomic mass is 9.83. The zero-order valence-corrected chi connectivity index (χ0v) is 15.9. The molecule has 0 fully saturated rings. The summed E-state index contributed by atoms with van der Waals surface area (Å²) in [5.74, 6) is -2.83. The Morgan fingerprint density at radius 1 is 1.30 bits per heavy atom. The van der Waals surface area contributed by atoms with E-state index in [9.17, 15) is 23.2 Å². The number of nitrogens with one attached hydrogen (secondary N) is 1. The number of aromatic amines is 1. The summed E-state index contributed by atoms with van der Waals surface area (Å²) in [4.78, 5) is 11.4. The Bertz CT molecular complexity index is 1060. The molecule has 1 unspecified atom stereocenters. The van der Waals surface area contributed by atoms with Crippen LogP contribution in [-0.2, 0) is 11.0 Å². The van der Waals surface area contributed by atoms with Gasteiger partial charge >= 0.3 is 12.1 Å². The molecule has 1 aliphatic heterocycles. The molecule has 3 rings (SSSR count). The van der Waals surface area contributed by atoms with Crippen LogP contribution >= 0.6 is 0 Å². The van der Waals surface area contributed by atoms with Crippen molar-refractivity contribution in [3.05, 3.63) is 40.4 Å². The number of halogens is 3. The third-order valence-corrected chi connectivity index (χ3v) is 4.28. The summed E-state index contributed by atoms with van der Waals surface area (Å²) >= 11 is 0. The lowest BCUT2D eigenvalue weighted by Crippen LogP contribution is -2.23. The van der Waals surface area contributed by atoms with Crippen LogP contribution in [0.2, 0.25) is 0 Å². The third-order valence-electron chi connectivity index (χ3n) is 4.28. The van der Waals surface area contributed by atoms with E-state index in [1.54, 1.807) is 6.07 Å². The van der Waals surface area contributed by atoms with Gasteiger partial charge in [-0.15, -0.1) is 5.10 Å². The number of carbonyl (C=O) groups is 1. The number of fused-ring (bicyclic) bond motifs is 1. The highest BCUT2D eigenvalue weighted by Crippen LogP contribution is 2.49. The van der Waals surface area contributed by atoms with Gasteiger partial charge in [0.05, 0.1) is 25.7 Å². The molecule has 1 aliphatic rings. The highest BCUT2D eigenvalue weighted by molar-refractivity contribution is 5.73. The van der Waals surface area contributed by atoms with Crippen molar-refractivity contribution in [2.45, 2.75) is 19.0 Å². The first kappa shape index (κ1) is 20.8. The number of benzene rings is 1. The summed E-state index contributed by atoms with van der Waals surface area (Å²) in [5.41, 5.74) is 4.03. The van der Waals surface area contributed by atoms with Crippen molar-refractivity contribution in [2.75, 3.05) is 14.2 Å². The quantitative estimate of drug-likeness (QED) is 0.565. The fourth-order valence-corrected chi connectivity index (χ4v) is 3.11. The minimum Gasteiger partial charge on any atom is -0.493 e. The van der Waals surface area contributed by atoms with Crippen molar-refractivity contribution in [1.29, 1.82) is 5.26 Å². The molecular weight excluding hydrogens is 409 g/mol. The molecule has 12 heteroatoms. The van der Waals surface area contributed by atoms with Gasteiger partial charge in [0.2, 0.25) is 17.5 Å². The van der Waals surface area contributed by atoms with Crippen molar-refractivity contribution in [3.8, 4) is 29.2 Å².